The number of hydrogen-bond acceptors (Lipinski definition) is 3. The van der Waals surface area contributed by atoms with Gasteiger partial charge in [-0.1, -0.05) is 36.4 Å². The molecule has 124 valence electrons. The van der Waals surface area contributed by atoms with Gasteiger partial charge in [0.15, 0.2) is 5.96 Å². The van der Waals surface area contributed by atoms with E-state index in [1.165, 1.54) is 10.4 Å². The fraction of sp³-hybridized carbons (Fsp3) is 0.389. The number of benzene rings is 1. The molecule has 0 amide bonds. The molecule has 23 heavy (non-hydrogen) atoms. The maximum atomic E-state index is 5.94. The highest BCUT2D eigenvalue weighted by Crippen LogP contribution is 2.08. The number of nitrogens with two attached hydrogens (primary N) is 1. The highest BCUT2D eigenvalue weighted by Gasteiger charge is 2.09. The lowest BCUT2D eigenvalue weighted by molar-refractivity contribution is 0.255. The minimum atomic E-state index is 0.341. The zero-order valence-corrected chi connectivity index (χ0v) is 14.7. The van der Waals surface area contributed by atoms with Crippen molar-refractivity contribution in [2.75, 3.05) is 20.1 Å². The third kappa shape index (κ3) is 6.42. The Morgan fingerprint density at radius 3 is 2.74 bits per heavy atom. The standard InChI is InChI=1S/C18H26N4S/c1-15(22(2)14-16-7-4-3-5-8-16)13-21-18(19)20-11-10-17-9-6-12-23-17/h3-9,12,15H,10-11,13-14H2,1-2H3,(H3,19,20,21). The first kappa shape index (κ1) is 17.5. The lowest BCUT2D eigenvalue weighted by Crippen LogP contribution is -2.36. The monoisotopic (exact) mass is 330 g/mol. The van der Waals surface area contributed by atoms with Crippen molar-refractivity contribution < 1.29 is 0 Å². The van der Waals surface area contributed by atoms with E-state index in [1.807, 2.05) is 6.07 Å². The molecule has 4 nitrogen and oxygen atoms in total. The number of thiophene rings is 1. The maximum absolute atomic E-state index is 5.94. The maximum Gasteiger partial charge on any atom is 0.188 e. The van der Waals surface area contributed by atoms with Gasteiger partial charge in [0.2, 0.25) is 0 Å². The van der Waals surface area contributed by atoms with E-state index < -0.39 is 0 Å². The Morgan fingerprint density at radius 2 is 2.04 bits per heavy atom. The van der Waals surface area contributed by atoms with Gasteiger partial charge in [-0.05, 0) is 37.4 Å². The molecule has 0 aliphatic carbocycles. The van der Waals surface area contributed by atoms with Crippen LogP contribution >= 0.6 is 11.3 Å². The van der Waals surface area contributed by atoms with Crippen LogP contribution in [0.4, 0.5) is 0 Å². The van der Waals surface area contributed by atoms with Gasteiger partial charge in [-0.25, -0.2) is 0 Å². The summed E-state index contributed by atoms with van der Waals surface area (Å²) in [4.78, 5) is 8.10. The molecule has 0 bridgehead atoms. The van der Waals surface area contributed by atoms with Crippen LogP contribution in [0.1, 0.15) is 17.4 Å². The van der Waals surface area contributed by atoms with Crippen molar-refractivity contribution in [2.45, 2.75) is 25.9 Å². The molecule has 0 saturated heterocycles. The van der Waals surface area contributed by atoms with Crippen LogP contribution in [0.25, 0.3) is 0 Å². The molecule has 0 spiro atoms. The van der Waals surface area contributed by atoms with Gasteiger partial charge in [0.25, 0.3) is 0 Å². The summed E-state index contributed by atoms with van der Waals surface area (Å²) >= 11 is 1.77. The van der Waals surface area contributed by atoms with Crippen LogP contribution in [-0.4, -0.2) is 37.0 Å². The van der Waals surface area contributed by atoms with Gasteiger partial charge in [0.1, 0.15) is 0 Å². The van der Waals surface area contributed by atoms with E-state index in [1.54, 1.807) is 11.3 Å². The first-order valence-corrected chi connectivity index (χ1v) is 8.83. The predicted molar refractivity (Wildman–Crippen MR) is 99.9 cm³/mol. The number of rotatable bonds is 8. The average Bonchev–Trinajstić information content (AvgIpc) is 3.07. The molecule has 3 N–H and O–H groups in total. The Labute approximate surface area is 143 Å². The van der Waals surface area contributed by atoms with Gasteiger partial charge < -0.3 is 11.1 Å². The molecule has 0 aliphatic rings. The molecule has 2 rings (SSSR count). The molecule has 1 aromatic heterocycles. The number of likely N-dealkylation sites (N-methyl/N-ethyl adjacent to an activating group) is 1. The summed E-state index contributed by atoms with van der Waals surface area (Å²) in [6.45, 7) is 4.61. The quantitative estimate of drug-likeness (QED) is 0.578. The first-order valence-electron chi connectivity index (χ1n) is 7.95. The topological polar surface area (TPSA) is 53.6 Å². The minimum Gasteiger partial charge on any atom is -0.370 e. The molecule has 0 saturated carbocycles. The fourth-order valence-corrected chi connectivity index (χ4v) is 2.93. The summed E-state index contributed by atoms with van der Waals surface area (Å²) in [7, 11) is 2.12. The van der Waals surface area contributed by atoms with E-state index in [-0.39, 0.29) is 0 Å². The van der Waals surface area contributed by atoms with Gasteiger partial charge in [-0.15, -0.1) is 11.3 Å². The lowest BCUT2D eigenvalue weighted by Gasteiger charge is -2.23. The third-order valence-corrected chi connectivity index (χ3v) is 4.75. The van der Waals surface area contributed by atoms with E-state index in [9.17, 15) is 0 Å². The van der Waals surface area contributed by atoms with E-state index in [0.29, 0.717) is 18.5 Å². The van der Waals surface area contributed by atoms with Crippen LogP contribution in [0.3, 0.4) is 0 Å². The van der Waals surface area contributed by atoms with Gasteiger partial charge in [-0.2, -0.15) is 0 Å². The Morgan fingerprint density at radius 1 is 1.26 bits per heavy atom. The number of aliphatic imine (C=N–C) groups is 1. The molecule has 0 aliphatic heterocycles. The zero-order chi connectivity index (χ0) is 16.5. The molecule has 1 atom stereocenters. The highest BCUT2D eigenvalue weighted by molar-refractivity contribution is 7.09. The second-order valence-corrected chi connectivity index (χ2v) is 6.76. The summed E-state index contributed by atoms with van der Waals surface area (Å²) in [5.74, 6) is 0.529. The summed E-state index contributed by atoms with van der Waals surface area (Å²) in [5, 5.41) is 5.28. The number of guanidine groups is 1. The van der Waals surface area contributed by atoms with Crippen LogP contribution in [0.2, 0.25) is 0 Å². The Balaban J connectivity index is 1.70. The molecule has 0 fully saturated rings. The van der Waals surface area contributed by atoms with Crippen LogP contribution in [0.15, 0.2) is 52.8 Å². The van der Waals surface area contributed by atoms with Crippen molar-refractivity contribution in [2.24, 2.45) is 10.7 Å². The Hall–Kier alpha value is -1.85. The first-order chi connectivity index (χ1) is 11.1. The fourth-order valence-electron chi connectivity index (χ4n) is 2.22. The van der Waals surface area contributed by atoms with Crippen LogP contribution in [0.5, 0.6) is 0 Å². The molecular formula is C18H26N4S. The van der Waals surface area contributed by atoms with Crippen molar-refractivity contribution in [3.05, 3.63) is 58.3 Å². The van der Waals surface area contributed by atoms with E-state index in [0.717, 1.165) is 19.5 Å². The Bertz CT molecular complexity index is 580. The van der Waals surface area contributed by atoms with E-state index in [4.69, 9.17) is 5.73 Å². The minimum absolute atomic E-state index is 0.341. The van der Waals surface area contributed by atoms with E-state index in [2.05, 4.69) is 71.0 Å². The predicted octanol–water partition coefficient (Wildman–Crippen LogP) is 2.72. The smallest absolute Gasteiger partial charge is 0.188 e. The van der Waals surface area contributed by atoms with Crippen LogP contribution in [0, 0.1) is 0 Å². The van der Waals surface area contributed by atoms with Gasteiger partial charge >= 0.3 is 0 Å². The van der Waals surface area contributed by atoms with Crippen molar-refractivity contribution >= 4 is 17.3 Å². The molecule has 5 heteroatoms. The van der Waals surface area contributed by atoms with Crippen LogP contribution in [-0.2, 0) is 13.0 Å². The van der Waals surface area contributed by atoms with Crippen LogP contribution < -0.4 is 11.1 Å². The molecule has 1 aromatic carbocycles. The molecular weight excluding hydrogens is 304 g/mol. The van der Waals surface area contributed by atoms with Gasteiger partial charge in [0, 0.05) is 24.0 Å². The third-order valence-electron chi connectivity index (χ3n) is 3.81. The van der Waals surface area contributed by atoms with Crippen molar-refractivity contribution in [1.29, 1.82) is 0 Å². The highest BCUT2D eigenvalue weighted by atomic mass is 32.1. The number of nitrogens with one attached hydrogen (secondary N) is 1. The zero-order valence-electron chi connectivity index (χ0n) is 13.9. The molecule has 1 heterocycles. The number of nitrogens with zero attached hydrogens (tertiary/aromatic N) is 2. The molecule has 0 radical (unpaired) electrons. The number of hydrogen-bond donors (Lipinski definition) is 2. The summed E-state index contributed by atoms with van der Waals surface area (Å²) in [5.41, 5.74) is 7.25. The molecule has 2 aromatic rings. The van der Waals surface area contributed by atoms with Crippen molar-refractivity contribution in [1.82, 2.24) is 10.2 Å². The largest absolute Gasteiger partial charge is 0.370 e. The second kappa shape index (κ2) is 9.33. The summed E-state index contributed by atoms with van der Waals surface area (Å²) in [6.07, 6.45) is 0.983. The SMILES string of the molecule is CC(CN=C(N)NCCc1cccs1)N(C)Cc1ccccc1. The van der Waals surface area contributed by atoms with Gasteiger partial charge in [0.05, 0.1) is 6.54 Å². The molecule has 1 unspecified atom stereocenters. The lowest BCUT2D eigenvalue weighted by atomic mass is 10.2. The summed E-state index contributed by atoms with van der Waals surface area (Å²) < 4.78 is 0. The Kier molecular flexibility index (Phi) is 7.10. The van der Waals surface area contributed by atoms with Gasteiger partial charge in [-0.3, -0.25) is 9.89 Å². The normalized spacial score (nSPS) is 13.3. The van der Waals surface area contributed by atoms with Crippen molar-refractivity contribution in [3.8, 4) is 0 Å². The summed E-state index contributed by atoms with van der Waals surface area (Å²) in [6, 6.07) is 15.0. The van der Waals surface area contributed by atoms with E-state index >= 15 is 0 Å². The van der Waals surface area contributed by atoms with Crippen molar-refractivity contribution in [3.63, 3.8) is 0 Å². The second-order valence-electron chi connectivity index (χ2n) is 5.73. The average molecular weight is 331 g/mol.